The van der Waals surface area contributed by atoms with Crippen LogP contribution in [0.4, 0.5) is 5.95 Å². The summed E-state index contributed by atoms with van der Waals surface area (Å²) in [5.74, 6) is 0.548. The molecule has 3 heterocycles. The number of ether oxygens (including phenoxy) is 3. The first-order chi connectivity index (χ1) is 18.1. The maximum Gasteiger partial charge on any atom is 0.320 e. The van der Waals surface area contributed by atoms with E-state index in [4.69, 9.17) is 29.6 Å². The Morgan fingerprint density at radius 2 is 1.87 bits per heavy atom. The van der Waals surface area contributed by atoms with E-state index < -0.39 is 32.4 Å². The fraction of sp³-hybridized carbons (Fsp3) is 0.750. The smallest absolute Gasteiger partial charge is 0.320 e. The summed E-state index contributed by atoms with van der Waals surface area (Å²) in [7, 11) is -0.625. The van der Waals surface area contributed by atoms with Crippen molar-refractivity contribution in [3.63, 3.8) is 0 Å². The van der Waals surface area contributed by atoms with Gasteiger partial charge in [-0.05, 0) is 40.5 Å². The van der Waals surface area contributed by atoms with Gasteiger partial charge in [-0.1, -0.05) is 20.8 Å². The number of esters is 1. The van der Waals surface area contributed by atoms with Crippen LogP contribution < -0.4 is 15.6 Å². The van der Waals surface area contributed by atoms with E-state index in [2.05, 4.69) is 40.8 Å². The predicted molar refractivity (Wildman–Crippen MR) is 148 cm³/mol. The summed E-state index contributed by atoms with van der Waals surface area (Å²) >= 11 is 0. The molecular weight excluding hydrogens is 531 g/mol. The molecule has 224 valence electrons. The molecule has 39 heavy (non-hydrogen) atoms. The average Bonchev–Trinajstić information content (AvgIpc) is 3.33. The lowest BCUT2D eigenvalue weighted by atomic mass is 10.0. The number of hydrogen-bond acceptors (Lipinski definition) is 13. The van der Waals surface area contributed by atoms with Crippen molar-refractivity contribution in [3.05, 3.63) is 6.33 Å². The van der Waals surface area contributed by atoms with E-state index >= 15 is 0 Å². The highest BCUT2D eigenvalue weighted by atomic mass is 31.2. The number of anilines is 1. The number of fused-ring (bicyclic) bond motifs is 1. The van der Waals surface area contributed by atoms with Gasteiger partial charge >= 0.3 is 5.97 Å². The number of aromatic nitrogens is 4. The number of rotatable bonds is 9. The highest BCUT2D eigenvalue weighted by Crippen LogP contribution is 2.41. The topological polar surface area (TPSA) is 196 Å². The number of methoxy groups -OCH3 is 1. The molecule has 3 rings (SSSR count). The van der Waals surface area contributed by atoms with Crippen LogP contribution in [0.15, 0.2) is 6.33 Å². The third-order valence-electron chi connectivity index (χ3n) is 4.46. The summed E-state index contributed by atoms with van der Waals surface area (Å²) in [5.41, 5.74) is 5.20. The van der Waals surface area contributed by atoms with Crippen molar-refractivity contribution in [2.75, 3.05) is 26.0 Å². The number of aliphatic hydroxyl groups excluding tert-OH is 1. The average molecular weight is 577 g/mol. The van der Waals surface area contributed by atoms with E-state index in [0.717, 1.165) is 5.92 Å². The van der Waals surface area contributed by atoms with Gasteiger partial charge in [0.15, 0.2) is 17.4 Å². The van der Waals surface area contributed by atoms with E-state index in [9.17, 15) is 14.8 Å². The van der Waals surface area contributed by atoms with Gasteiger partial charge in [-0.25, -0.2) is 10.1 Å². The Hall–Kier alpha value is -2.19. The molecule has 14 nitrogen and oxygen atoms in total. The summed E-state index contributed by atoms with van der Waals surface area (Å²) < 4.78 is 23.0. The minimum atomic E-state index is -2.07. The van der Waals surface area contributed by atoms with Crippen LogP contribution in [-0.2, 0) is 18.8 Å². The van der Waals surface area contributed by atoms with E-state index in [1.165, 1.54) is 13.4 Å². The summed E-state index contributed by atoms with van der Waals surface area (Å²) in [6, 6.07) is 0. The number of imidazole rings is 1. The summed E-state index contributed by atoms with van der Waals surface area (Å²) in [6.07, 6.45) is -0.0758. The van der Waals surface area contributed by atoms with Crippen LogP contribution in [0.3, 0.4) is 0 Å². The molecule has 6 N–H and O–H groups in total. The van der Waals surface area contributed by atoms with Crippen LogP contribution in [0, 0.1) is 5.92 Å². The highest BCUT2D eigenvalue weighted by Gasteiger charge is 2.46. The molecule has 1 aliphatic heterocycles. The number of carbonyl (C=O) groups is 1. The quantitative estimate of drug-likeness (QED) is 0.216. The molecule has 1 aliphatic rings. The first-order valence-electron chi connectivity index (χ1n) is 12.7. The molecule has 0 bridgehead atoms. The molecule has 0 amide bonds. The van der Waals surface area contributed by atoms with E-state index in [0.29, 0.717) is 11.2 Å². The monoisotopic (exact) mass is 576 g/mol. The second-order valence-corrected chi connectivity index (χ2v) is 11.5. The Kier molecular flexibility index (Phi) is 14.4. The fourth-order valence-corrected chi connectivity index (χ4v) is 3.92. The van der Waals surface area contributed by atoms with Crippen LogP contribution in [0.25, 0.3) is 11.2 Å². The lowest BCUT2D eigenvalue weighted by molar-refractivity contribution is -0.145. The number of carbonyl (C=O) groups excluding carboxylic acids is 1. The maximum atomic E-state index is 11.5. The van der Waals surface area contributed by atoms with Crippen LogP contribution in [0.2, 0.25) is 0 Å². The Morgan fingerprint density at radius 1 is 1.28 bits per heavy atom. The molecule has 0 spiro atoms. The third kappa shape index (κ3) is 12.2. The summed E-state index contributed by atoms with van der Waals surface area (Å²) in [6.45, 7) is 14.8. The van der Waals surface area contributed by atoms with Gasteiger partial charge in [-0.2, -0.15) is 9.97 Å². The standard InChI is InChI=1S/C17H27N6O7P.C4H10.C3H8O/c1-9(2)29-11(24)6-20-31(26)28-7-10-5-17(3,25)15(30-10)23-8-19-12-13(23)21-16(18)22-14(12)27-4;1-4(2)3;1-3(2)4/h8-10,15,20,25-26H,5-7H2,1-4H3,(H2,18,21,22);4H,1-3H3;3-4H,1-2H3/t10?,15-,17?,31?;;/m1../s1. The molecule has 1 fully saturated rings. The summed E-state index contributed by atoms with van der Waals surface area (Å²) in [4.78, 5) is 33.9. The van der Waals surface area contributed by atoms with Crippen LogP contribution in [0.5, 0.6) is 5.88 Å². The number of nitrogen functional groups attached to an aromatic ring is 1. The molecule has 4 atom stereocenters. The Labute approximate surface area is 231 Å². The number of nitrogens with one attached hydrogen (secondary N) is 1. The minimum absolute atomic E-state index is 0.00314. The van der Waals surface area contributed by atoms with Gasteiger partial charge in [0.05, 0.1) is 32.3 Å². The van der Waals surface area contributed by atoms with Crippen molar-refractivity contribution in [3.8, 4) is 5.88 Å². The van der Waals surface area contributed by atoms with Crippen LogP contribution in [0.1, 0.15) is 68.0 Å². The molecule has 0 aliphatic carbocycles. The zero-order valence-corrected chi connectivity index (χ0v) is 25.2. The molecule has 15 heteroatoms. The molecule has 2 aromatic rings. The molecule has 2 aromatic heterocycles. The minimum Gasteiger partial charge on any atom is -0.479 e. The van der Waals surface area contributed by atoms with Crippen molar-refractivity contribution < 1.29 is 38.6 Å². The lowest BCUT2D eigenvalue weighted by Crippen LogP contribution is -2.32. The normalized spacial score (nSPS) is 21.4. The zero-order chi connectivity index (χ0) is 29.9. The first kappa shape index (κ1) is 34.8. The van der Waals surface area contributed by atoms with Gasteiger partial charge < -0.3 is 39.6 Å². The van der Waals surface area contributed by atoms with Gasteiger partial charge in [-0.15, -0.1) is 0 Å². The Morgan fingerprint density at radius 3 is 2.41 bits per heavy atom. The van der Waals surface area contributed by atoms with Crippen LogP contribution in [-0.4, -0.2) is 84.8 Å². The first-order valence-corrected chi connectivity index (χ1v) is 13.9. The maximum absolute atomic E-state index is 11.5. The Balaban J connectivity index is 0.000000838. The van der Waals surface area contributed by atoms with Crippen LogP contribution >= 0.6 is 8.53 Å². The van der Waals surface area contributed by atoms with Crippen molar-refractivity contribution in [1.29, 1.82) is 0 Å². The highest BCUT2D eigenvalue weighted by molar-refractivity contribution is 7.43. The van der Waals surface area contributed by atoms with E-state index in [1.54, 1.807) is 39.2 Å². The molecular formula is C24H45N6O8P. The van der Waals surface area contributed by atoms with Gasteiger partial charge in [0, 0.05) is 12.5 Å². The van der Waals surface area contributed by atoms with Crippen molar-refractivity contribution in [2.45, 2.75) is 92.0 Å². The van der Waals surface area contributed by atoms with Gasteiger partial charge in [0.25, 0.3) is 8.53 Å². The number of nitrogens with zero attached hydrogens (tertiary/aromatic N) is 4. The zero-order valence-electron chi connectivity index (χ0n) is 24.3. The third-order valence-corrected chi connectivity index (χ3v) is 5.28. The number of nitrogens with two attached hydrogens (primary N) is 1. The second kappa shape index (κ2) is 16.2. The lowest BCUT2D eigenvalue weighted by Gasteiger charge is -2.24. The molecule has 1 saturated heterocycles. The van der Waals surface area contributed by atoms with Crippen molar-refractivity contribution >= 4 is 31.6 Å². The molecule has 0 radical (unpaired) electrons. The molecule has 0 aromatic carbocycles. The molecule has 0 saturated carbocycles. The van der Waals surface area contributed by atoms with Gasteiger partial charge in [-0.3, -0.25) is 9.36 Å². The SMILES string of the molecule is CC(C)C.CC(C)O.COc1nc(N)nc2c1ncn2[C@@H]1OC(COP(O)NCC(=O)OC(C)C)CC1(C)O. The van der Waals surface area contributed by atoms with Gasteiger partial charge in [0.2, 0.25) is 11.8 Å². The second-order valence-electron chi connectivity index (χ2n) is 10.4. The molecule has 3 unspecified atom stereocenters. The number of hydrogen-bond donors (Lipinski definition) is 5. The van der Waals surface area contributed by atoms with E-state index in [1.807, 2.05) is 0 Å². The largest absolute Gasteiger partial charge is 0.479 e. The Bertz CT molecular complexity index is 1010. The van der Waals surface area contributed by atoms with E-state index in [-0.39, 0.29) is 43.6 Å². The predicted octanol–water partition coefficient (Wildman–Crippen LogP) is 2.28. The van der Waals surface area contributed by atoms with Crippen molar-refractivity contribution in [1.82, 2.24) is 24.6 Å². The van der Waals surface area contributed by atoms with Crippen molar-refractivity contribution in [2.24, 2.45) is 5.92 Å². The number of aliphatic hydroxyl groups is 2. The van der Waals surface area contributed by atoms with Gasteiger partial charge in [0.1, 0.15) is 12.1 Å². The summed E-state index contributed by atoms with van der Waals surface area (Å²) in [5, 5.41) is 21.5. The fourth-order valence-electron chi connectivity index (χ4n) is 3.26.